The summed E-state index contributed by atoms with van der Waals surface area (Å²) in [5.41, 5.74) is 0.582. The molecule has 1 aliphatic carbocycles. The van der Waals surface area contributed by atoms with Crippen LogP contribution in [0.4, 0.5) is 4.39 Å². The molecule has 0 saturated heterocycles. The lowest BCUT2D eigenvalue weighted by atomic mass is 10.0. The predicted octanol–water partition coefficient (Wildman–Crippen LogP) is 3.87. The second kappa shape index (κ2) is 4.96. The van der Waals surface area contributed by atoms with Gasteiger partial charge in [-0.05, 0) is 37.0 Å². The second-order valence-electron chi connectivity index (χ2n) is 4.08. The molecular formula is C12H11Br2FO. The SMILES string of the molecule is O=C(C(Br)Cc1ccc(Br)cc1F)C1CC1. The molecule has 0 aromatic heterocycles. The molecule has 1 aromatic carbocycles. The molecule has 1 nitrogen and oxygen atoms in total. The highest BCUT2D eigenvalue weighted by Gasteiger charge is 2.33. The van der Waals surface area contributed by atoms with Crippen LogP contribution in [0.15, 0.2) is 22.7 Å². The Morgan fingerprint density at radius 1 is 1.50 bits per heavy atom. The fourth-order valence-electron chi connectivity index (χ4n) is 1.60. The lowest BCUT2D eigenvalue weighted by molar-refractivity contribution is -0.119. The molecule has 1 fully saturated rings. The zero-order valence-corrected chi connectivity index (χ0v) is 11.7. The molecule has 0 heterocycles. The summed E-state index contributed by atoms with van der Waals surface area (Å²) in [7, 11) is 0. The van der Waals surface area contributed by atoms with Crippen LogP contribution in [-0.4, -0.2) is 10.6 Å². The van der Waals surface area contributed by atoms with Gasteiger partial charge in [-0.2, -0.15) is 0 Å². The van der Waals surface area contributed by atoms with Gasteiger partial charge < -0.3 is 0 Å². The number of carbonyl (C=O) groups excluding carboxylic acids is 1. The van der Waals surface area contributed by atoms with E-state index in [-0.39, 0.29) is 22.3 Å². The number of hydrogen-bond donors (Lipinski definition) is 0. The Kier molecular flexibility index (Phi) is 3.80. The van der Waals surface area contributed by atoms with Crippen molar-refractivity contribution in [2.45, 2.75) is 24.1 Å². The first-order valence-corrected chi connectivity index (χ1v) is 6.90. The van der Waals surface area contributed by atoms with Gasteiger partial charge in [0.2, 0.25) is 0 Å². The van der Waals surface area contributed by atoms with Gasteiger partial charge in [-0.25, -0.2) is 4.39 Å². The Morgan fingerprint density at radius 3 is 2.75 bits per heavy atom. The quantitative estimate of drug-likeness (QED) is 0.754. The van der Waals surface area contributed by atoms with Gasteiger partial charge in [0.05, 0.1) is 4.83 Å². The first-order valence-electron chi connectivity index (χ1n) is 5.19. The molecular weight excluding hydrogens is 339 g/mol. The van der Waals surface area contributed by atoms with E-state index in [1.54, 1.807) is 12.1 Å². The van der Waals surface area contributed by atoms with E-state index in [0.29, 0.717) is 16.5 Å². The van der Waals surface area contributed by atoms with Crippen LogP contribution in [-0.2, 0) is 11.2 Å². The summed E-state index contributed by atoms with van der Waals surface area (Å²) in [6.45, 7) is 0. The summed E-state index contributed by atoms with van der Waals surface area (Å²) in [6.07, 6.45) is 2.40. The van der Waals surface area contributed by atoms with Gasteiger partial charge in [-0.3, -0.25) is 4.79 Å². The third-order valence-corrected chi connectivity index (χ3v) is 3.97. The van der Waals surface area contributed by atoms with Crippen LogP contribution in [0.2, 0.25) is 0 Å². The average Bonchev–Trinajstić information content (AvgIpc) is 3.04. The zero-order valence-electron chi connectivity index (χ0n) is 8.55. The number of benzene rings is 1. The molecule has 4 heteroatoms. The molecule has 2 rings (SSSR count). The molecule has 86 valence electrons. The topological polar surface area (TPSA) is 17.1 Å². The van der Waals surface area contributed by atoms with E-state index in [4.69, 9.17) is 0 Å². The first kappa shape index (κ1) is 12.2. The van der Waals surface area contributed by atoms with Crippen molar-refractivity contribution in [3.63, 3.8) is 0 Å². The van der Waals surface area contributed by atoms with E-state index in [2.05, 4.69) is 31.9 Å². The molecule has 0 aliphatic heterocycles. The van der Waals surface area contributed by atoms with E-state index in [1.165, 1.54) is 6.07 Å². The van der Waals surface area contributed by atoms with Crippen LogP contribution in [0.5, 0.6) is 0 Å². The van der Waals surface area contributed by atoms with Crippen LogP contribution >= 0.6 is 31.9 Å². The molecule has 0 bridgehead atoms. The Morgan fingerprint density at radius 2 is 2.19 bits per heavy atom. The third kappa shape index (κ3) is 2.92. The van der Waals surface area contributed by atoms with Gasteiger partial charge in [-0.1, -0.05) is 37.9 Å². The van der Waals surface area contributed by atoms with Gasteiger partial charge in [0.15, 0.2) is 0 Å². The van der Waals surface area contributed by atoms with Crippen LogP contribution in [0.25, 0.3) is 0 Å². The Balaban J connectivity index is 2.05. The highest BCUT2D eigenvalue weighted by atomic mass is 79.9. The van der Waals surface area contributed by atoms with Crippen molar-refractivity contribution < 1.29 is 9.18 Å². The molecule has 0 radical (unpaired) electrons. The van der Waals surface area contributed by atoms with E-state index in [0.717, 1.165) is 12.8 Å². The number of ketones is 1. The third-order valence-electron chi connectivity index (χ3n) is 2.70. The molecule has 1 unspecified atom stereocenters. The van der Waals surface area contributed by atoms with Crippen molar-refractivity contribution in [2.75, 3.05) is 0 Å². The molecule has 1 aromatic rings. The molecule has 1 saturated carbocycles. The second-order valence-corrected chi connectivity index (χ2v) is 6.11. The van der Waals surface area contributed by atoms with Crippen molar-refractivity contribution in [3.05, 3.63) is 34.1 Å². The minimum atomic E-state index is -0.262. The van der Waals surface area contributed by atoms with Gasteiger partial charge in [0.1, 0.15) is 11.6 Å². The van der Waals surface area contributed by atoms with Crippen molar-refractivity contribution in [1.29, 1.82) is 0 Å². The standard InChI is InChI=1S/C12H11Br2FO/c13-9-4-3-8(11(15)6-9)5-10(14)12(16)7-1-2-7/h3-4,6-7,10H,1-2,5H2. The molecule has 0 amide bonds. The summed E-state index contributed by atoms with van der Waals surface area (Å²) in [6, 6.07) is 4.93. The normalized spacial score (nSPS) is 17.2. The largest absolute Gasteiger partial charge is 0.298 e. The van der Waals surface area contributed by atoms with Gasteiger partial charge >= 0.3 is 0 Å². The van der Waals surface area contributed by atoms with Gasteiger partial charge in [0.25, 0.3) is 0 Å². The number of halogens is 3. The first-order chi connectivity index (χ1) is 7.58. The van der Waals surface area contributed by atoms with Crippen molar-refractivity contribution >= 4 is 37.6 Å². The lowest BCUT2D eigenvalue weighted by Gasteiger charge is -2.09. The summed E-state index contributed by atoms with van der Waals surface area (Å²) in [5.74, 6) is 0.160. The molecule has 1 aliphatic rings. The maximum atomic E-state index is 13.5. The summed E-state index contributed by atoms with van der Waals surface area (Å²) < 4.78 is 14.2. The Hall–Kier alpha value is -0.220. The molecule has 1 atom stereocenters. The van der Waals surface area contributed by atoms with Crippen LogP contribution in [0.1, 0.15) is 18.4 Å². The van der Waals surface area contributed by atoms with Crippen LogP contribution in [0, 0.1) is 11.7 Å². The average molecular weight is 350 g/mol. The fraction of sp³-hybridized carbons (Fsp3) is 0.417. The highest BCUT2D eigenvalue weighted by molar-refractivity contribution is 9.10. The Labute approximate surface area is 111 Å². The zero-order chi connectivity index (χ0) is 11.7. The summed E-state index contributed by atoms with van der Waals surface area (Å²) in [4.78, 5) is 11.5. The van der Waals surface area contributed by atoms with Crippen molar-refractivity contribution in [3.8, 4) is 0 Å². The fourth-order valence-corrected chi connectivity index (χ4v) is 2.66. The number of hydrogen-bond acceptors (Lipinski definition) is 1. The van der Waals surface area contributed by atoms with E-state index in [1.807, 2.05) is 0 Å². The van der Waals surface area contributed by atoms with Crippen LogP contribution < -0.4 is 0 Å². The summed E-state index contributed by atoms with van der Waals surface area (Å²) >= 11 is 6.55. The number of Topliss-reactive ketones (excluding diaryl/α,β-unsaturated/α-hetero) is 1. The van der Waals surface area contributed by atoms with Gasteiger partial charge in [-0.15, -0.1) is 0 Å². The smallest absolute Gasteiger partial charge is 0.149 e. The maximum Gasteiger partial charge on any atom is 0.149 e. The Bertz CT molecular complexity index is 415. The molecule has 0 spiro atoms. The van der Waals surface area contributed by atoms with Crippen molar-refractivity contribution in [2.24, 2.45) is 5.92 Å². The number of rotatable bonds is 4. The van der Waals surface area contributed by atoms with E-state index in [9.17, 15) is 9.18 Å². The minimum Gasteiger partial charge on any atom is -0.298 e. The van der Waals surface area contributed by atoms with Gasteiger partial charge in [0, 0.05) is 10.4 Å². The highest BCUT2D eigenvalue weighted by Crippen LogP contribution is 2.33. The van der Waals surface area contributed by atoms with E-state index >= 15 is 0 Å². The maximum absolute atomic E-state index is 13.5. The van der Waals surface area contributed by atoms with Crippen molar-refractivity contribution in [1.82, 2.24) is 0 Å². The minimum absolute atomic E-state index is 0.210. The van der Waals surface area contributed by atoms with Crippen LogP contribution in [0.3, 0.4) is 0 Å². The van der Waals surface area contributed by atoms with E-state index < -0.39 is 0 Å². The monoisotopic (exact) mass is 348 g/mol. The lowest BCUT2D eigenvalue weighted by Crippen LogP contribution is -2.18. The molecule has 16 heavy (non-hydrogen) atoms. The summed E-state index contributed by atoms with van der Waals surface area (Å²) in [5, 5.41) is 0. The number of alkyl halides is 1. The predicted molar refractivity (Wildman–Crippen MR) is 68.3 cm³/mol. The number of carbonyl (C=O) groups is 1. The molecule has 0 N–H and O–H groups in total.